The Bertz CT molecular complexity index is 1000. The minimum Gasteiger partial charge on any atom is -0.356 e. The van der Waals surface area contributed by atoms with Gasteiger partial charge < -0.3 is 9.80 Å². The Morgan fingerprint density at radius 2 is 2.00 bits per heavy atom. The number of rotatable bonds is 4. The van der Waals surface area contributed by atoms with Crippen molar-refractivity contribution in [3.8, 4) is 0 Å². The van der Waals surface area contributed by atoms with Crippen molar-refractivity contribution in [2.45, 2.75) is 40.2 Å². The molecule has 0 bridgehead atoms. The van der Waals surface area contributed by atoms with Crippen LogP contribution >= 0.6 is 22.7 Å². The Hall–Kier alpha value is -1.99. The molecule has 1 saturated heterocycles. The number of hydrogen-bond donors (Lipinski definition) is 0. The number of carbonyl (C=O) groups excluding carboxylic acids is 1. The molecule has 148 valence electrons. The number of carbonyl (C=O) groups is 1. The second-order valence-electron chi connectivity index (χ2n) is 7.64. The van der Waals surface area contributed by atoms with Crippen LogP contribution in [0.5, 0.6) is 0 Å². The summed E-state index contributed by atoms with van der Waals surface area (Å²) < 4.78 is 0. The second kappa shape index (κ2) is 7.79. The van der Waals surface area contributed by atoms with E-state index < -0.39 is 0 Å². The highest BCUT2D eigenvalue weighted by Gasteiger charge is 2.29. The highest BCUT2D eigenvalue weighted by molar-refractivity contribution is 7.18. The zero-order chi connectivity index (χ0) is 19.8. The molecular formula is C21H26N4OS2. The van der Waals surface area contributed by atoms with Crippen LogP contribution in [0.2, 0.25) is 0 Å². The number of nitrogens with zero attached hydrogens (tertiary/aromatic N) is 4. The molecule has 1 aliphatic rings. The van der Waals surface area contributed by atoms with Crippen molar-refractivity contribution in [1.29, 1.82) is 0 Å². The first-order valence-corrected chi connectivity index (χ1v) is 11.4. The van der Waals surface area contributed by atoms with Crippen molar-refractivity contribution in [1.82, 2.24) is 14.9 Å². The predicted octanol–water partition coefficient (Wildman–Crippen LogP) is 4.55. The normalized spacial score (nSPS) is 15.4. The van der Waals surface area contributed by atoms with Crippen LogP contribution < -0.4 is 4.90 Å². The first-order chi connectivity index (χ1) is 13.5. The number of thiophene rings is 2. The number of aromatic nitrogens is 2. The van der Waals surface area contributed by atoms with E-state index in [0.717, 1.165) is 36.6 Å². The van der Waals surface area contributed by atoms with Gasteiger partial charge in [-0.3, -0.25) is 4.79 Å². The minimum atomic E-state index is 0.101. The van der Waals surface area contributed by atoms with Gasteiger partial charge in [0.15, 0.2) is 0 Å². The predicted molar refractivity (Wildman–Crippen MR) is 117 cm³/mol. The molecule has 0 atom stereocenters. The molecule has 0 aromatic carbocycles. The first-order valence-electron chi connectivity index (χ1n) is 9.69. The lowest BCUT2D eigenvalue weighted by Gasteiger charge is -2.34. The highest BCUT2D eigenvalue weighted by atomic mass is 32.1. The molecule has 3 aromatic heterocycles. The Balaban J connectivity index is 1.43. The molecule has 4 heterocycles. The minimum absolute atomic E-state index is 0.101. The van der Waals surface area contributed by atoms with E-state index in [1.54, 1.807) is 29.0 Å². The van der Waals surface area contributed by atoms with Crippen LogP contribution in [-0.4, -0.2) is 40.9 Å². The second-order valence-corrected chi connectivity index (χ2v) is 9.85. The largest absolute Gasteiger partial charge is 0.356 e. The van der Waals surface area contributed by atoms with Gasteiger partial charge in [0.25, 0.3) is 0 Å². The molecule has 1 amide bonds. The monoisotopic (exact) mass is 414 g/mol. The average molecular weight is 415 g/mol. The molecule has 5 nitrogen and oxygen atoms in total. The highest BCUT2D eigenvalue weighted by Crippen LogP contribution is 2.35. The summed E-state index contributed by atoms with van der Waals surface area (Å²) in [7, 11) is 1.93. The topological polar surface area (TPSA) is 49.3 Å². The van der Waals surface area contributed by atoms with Crippen LogP contribution in [0.3, 0.4) is 0 Å². The molecule has 0 saturated carbocycles. The number of fused-ring (bicyclic) bond motifs is 1. The molecule has 0 N–H and O–H groups in total. The van der Waals surface area contributed by atoms with Gasteiger partial charge in [-0.2, -0.15) is 0 Å². The summed E-state index contributed by atoms with van der Waals surface area (Å²) in [6, 6.07) is 2.12. The van der Waals surface area contributed by atoms with Crippen molar-refractivity contribution in [2.75, 3.05) is 25.0 Å². The summed E-state index contributed by atoms with van der Waals surface area (Å²) in [6.45, 7) is 8.84. The smallest absolute Gasteiger partial charge is 0.225 e. The fourth-order valence-electron chi connectivity index (χ4n) is 3.91. The third-order valence-corrected chi connectivity index (χ3v) is 7.94. The summed E-state index contributed by atoms with van der Waals surface area (Å²) in [4.78, 5) is 29.8. The van der Waals surface area contributed by atoms with Gasteiger partial charge in [-0.05, 0) is 56.2 Å². The molecule has 0 radical (unpaired) electrons. The van der Waals surface area contributed by atoms with Gasteiger partial charge in [0.2, 0.25) is 5.91 Å². The fraction of sp³-hybridized carbons (Fsp3) is 0.476. The van der Waals surface area contributed by atoms with E-state index in [-0.39, 0.29) is 11.8 Å². The summed E-state index contributed by atoms with van der Waals surface area (Å²) in [6.07, 6.45) is 3.42. The van der Waals surface area contributed by atoms with E-state index in [0.29, 0.717) is 6.54 Å². The van der Waals surface area contributed by atoms with Crippen LogP contribution in [0.25, 0.3) is 10.2 Å². The third kappa shape index (κ3) is 3.53. The van der Waals surface area contributed by atoms with Crippen molar-refractivity contribution < 1.29 is 4.79 Å². The van der Waals surface area contributed by atoms with Gasteiger partial charge in [-0.25, -0.2) is 9.97 Å². The van der Waals surface area contributed by atoms with Crippen molar-refractivity contribution in [3.63, 3.8) is 0 Å². The maximum absolute atomic E-state index is 12.9. The van der Waals surface area contributed by atoms with E-state index in [1.807, 2.05) is 11.9 Å². The molecule has 0 unspecified atom stereocenters. The van der Waals surface area contributed by atoms with Gasteiger partial charge in [0, 0.05) is 35.8 Å². The molecule has 28 heavy (non-hydrogen) atoms. The Labute approximate surface area is 174 Å². The van der Waals surface area contributed by atoms with Gasteiger partial charge in [0.05, 0.1) is 11.9 Å². The summed E-state index contributed by atoms with van der Waals surface area (Å²) >= 11 is 3.46. The van der Waals surface area contributed by atoms with E-state index in [9.17, 15) is 4.79 Å². The van der Waals surface area contributed by atoms with Gasteiger partial charge >= 0.3 is 0 Å². The number of anilines is 1. The van der Waals surface area contributed by atoms with E-state index in [4.69, 9.17) is 0 Å². The molecule has 4 rings (SSSR count). The average Bonchev–Trinajstić information content (AvgIpc) is 3.24. The molecule has 0 spiro atoms. The molecule has 3 aromatic rings. The quantitative estimate of drug-likeness (QED) is 0.628. The van der Waals surface area contributed by atoms with E-state index in [1.165, 1.54) is 26.3 Å². The van der Waals surface area contributed by atoms with Crippen molar-refractivity contribution in [2.24, 2.45) is 5.92 Å². The van der Waals surface area contributed by atoms with Crippen LogP contribution in [0.15, 0.2) is 17.8 Å². The standard InChI is InChI=1S/C21H26N4OS2/c1-13-7-10-27-17(13)11-24(4)21(26)16-5-8-25(9-6-16)19-18-14(2)15(3)28-20(18)23-12-22-19/h7,10,12,16H,5-6,8-9,11H2,1-4H3. The number of hydrogen-bond acceptors (Lipinski definition) is 6. The van der Waals surface area contributed by atoms with Crippen LogP contribution in [0, 0.1) is 26.7 Å². The third-order valence-electron chi connectivity index (χ3n) is 5.81. The SMILES string of the molecule is Cc1ccsc1CN(C)C(=O)C1CCN(c2ncnc3sc(C)c(C)c23)CC1. The summed E-state index contributed by atoms with van der Waals surface area (Å²) in [5.41, 5.74) is 2.55. The lowest BCUT2D eigenvalue weighted by atomic mass is 9.95. The van der Waals surface area contributed by atoms with Crippen LogP contribution in [-0.2, 0) is 11.3 Å². The summed E-state index contributed by atoms with van der Waals surface area (Å²) in [5, 5.41) is 3.28. The first kappa shape index (κ1) is 19.3. The van der Waals surface area contributed by atoms with Crippen LogP contribution in [0.1, 0.15) is 33.7 Å². The molecule has 1 aliphatic heterocycles. The Kier molecular flexibility index (Phi) is 5.38. The summed E-state index contributed by atoms with van der Waals surface area (Å²) in [5.74, 6) is 1.40. The molecular weight excluding hydrogens is 388 g/mol. The number of aryl methyl sites for hydroxylation is 3. The maximum Gasteiger partial charge on any atom is 0.225 e. The van der Waals surface area contributed by atoms with E-state index >= 15 is 0 Å². The maximum atomic E-state index is 12.9. The van der Waals surface area contributed by atoms with Crippen molar-refractivity contribution >= 4 is 44.6 Å². The molecule has 0 aliphatic carbocycles. The van der Waals surface area contributed by atoms with Gasteiger partial charge in [-0.1, -0.05) is 0 Å². The van der Waals surface area contributed by atoms with Gasteiger partial charge in [-0.15, -0.1) is 22.7 Å². The Morgan fingerprint density at radius 1 is 1.25 bits per heavy atom. The zero-order valence-electron chi connectivity index (χ0n) is 16.9. The van der Waals surface area contributed by atoms with Crippen molar-refractivity contribution in [3.05, 3.63) is 38.7 Å². The lowest BCUT2D eigenvalue weighted by molar-refractivity contribution is -0.135. The Morgan fingerprint density at radius 3 is 2.68 bits per heavy atom. The number of amides is 1. The van der Waals surface area contributed by atoms with Crippen LogP contribution in [0.4, 0.5) is 5.82 Å². The molecule has 1 fully saturated rings. The molecule has 7 heteroatoms. The van der Waals surface area contributed by atoms with Gasteiger partial charge in [0.1, 0.15) is 17.0 Å². The number of piperidine rings is 1. The zero-order valence-corrected chi connectivity index (χ0v) is 18.5. The fourth-order valence-corrected chi connectivity index (χ4v) is 5.86. The lowest BCUT2D eigenvalue weighted by Crippen LogP contribution is -2.41. The van der Waals surface area contributed by atoms with E-state index in [2.05, 4.69) is 47.1 Å².